The number of carbonyl (C=O) groups is 1. The molecule has 0 spiro atoms. The molecule has 0 bridgehead atoms. The number of likely N-dealkylation sites (tertiary alicyclic amines) is 1. The first-order valence-corrected chi connectivity index (χ1v) is 11.3. The maximum absolute atomic E-state index is 13.3. The van der Waals surface area contributed by atoms with E-state index in [1.165, 1.54) is 4.21 Å². The third kappa shape index (κ3) is 3.10. The number of furan rings is 1. The molecule has 1 amide bonds. The maximum Gasteiger partial charge on any atom is 0.289 e. The van der Waals surface area contributed by atoms with Crippen LogP contribution in [0, 0.1) is 11.8 Å². The zero-order valence-electron chi connectivity index (χ0n) is 15.0. The number of amides is 1. The van der Waals surface area contributed by atoms with Gasteiger partial charge < -0.3 is 15.1 Å². The van der Waals surface area contributed by atoms with Crippen molar-refractivity contribution >= 4 is 40.0 Å². The van der Waals surface area contributed by atoms with E-state index in [1.807, 2.05) is 23.1 Å². The summed E-state index contributed by atoms with van der Waals surface area (Å²) in [5.41, 5.74) is 8.05. The van der Waals surface area contributed by atoms with Crippen molar-refractivity contribution in [2.24, 2.45) is 17.6 Å². The van der Waals surface area contributed by atoms with Gasteiger partial charge in [-0.05, 0) is 42.2 Å². The minimum atomic E-state index is 0.0228. The number of thiophene rings is 1. The number of hydrogen-bond donors (Lipinski definition) is 1. The Hall–Kier alpha value is -1.76. The molecule has 1 aliphatic heterocycles. The predicted octanol–water partition coefficient (Wildman–Crippen LogP) is 4.60. The number of para-hydroxylation sites is 1. The average Bonchev–Trinajstić information content (AvgIpc) is 3.45. The number of thioether (sulfide) groups is 1. The highest BCUT2D eigenvalue weighted by atomic mass is 32.2. The van der Waals surface area contributed by atoms with E-state index in [-0.39, 0.29) is 11.9 Å². The van der Waals surface area contributed by atoms with Crippen molar-refractivity contribution in [3.05, 3.63) is 53.1 Å². The second-order valence-corrected chi connectivity index (χ2v) is 9.73. The molecule has 1 aliphatic carbocycles. The Morgan fingerprint density at radius 2 is 2.11 bits per heavy atom. The summed E-state index contributed by atoms with van der Waals surface area (Å²) in [5.74, 6) is 2.27. The third-order valence-electron chi connectivity index (χ3n) is 5.95. The first kappa shape index (κ1) is 17.3. The van der Waals surface area contributed by atoms with Crippen LogP contribution in [0.4, 0.5) is 0 Å². The normalized spacial score (nSPS) is 24.6. The van der Waals surface area contributed by atoms with Gasteiger partial charge in [0.05, 0.1) is 4.21 Å². The lowest BCUT2D eigenvalue weighted by Gasteiger charge is -2.18. The molecular weight excluding hydrogens is 376 g/mol. The first-order chi connectivity index (χ1) is 13.2. The molecule has 3 atom stereocenters. The van der Waals surface area contributed by atoms with Crippen LogP contribution in [0.25, 0.3) is 11.0 Å². The van der Waals surface area contributed by atoms with Crippen LogP contribution in [0.15, 0.2) is 50.4 Å². The second kappa shape index (κ2) is 7.00. The van der Waals surface area contributed by atoms with E-state index in [1.54, 1.807) is 23.1 Å². The fourth-order valence-corrected chi connectivity index (χ4v) is 6.33. The highest BCUT2D eigenvalue weighted by molar-refractivity contribution is 8.00. The Labute approximate surface area is 166 Å². The number of nitrogens with zero attached hydrogens (tertiary/aromatic N) is 1. The molecule has 140 valence electrons. The van der Waals surface area contributed by atoms with Crippen molar-refractivity contribution in [1.29, 1.82) is 0 Å². The van der Waals surface area contributed by atoms with Crippen molar-refractivity contribution in [2.75, 3.05) is 13.1 Å². The molecule has 3 heterocycles. The monoisotopic (exact) mass is 398 g/mol. The van der Waals surface area contributed by atoms with E-state index in [0.29, 0.717) is 17.6 Å². The fourth-order valence-electron chi connectivity index (χ4n) is 4.52. The number of hydrogen-bond acceptors (Lipinski definition) is 5. The van der Waals surface area contributed by atoms with E-state index >= 15 is 0 Å². The lowest BCUT2D eigenvalue weighted by molar-refractivity contribution is 0.0749. The zero-order chi connectivity index (χ0) is 18.4. The van der Waals surface area contributed by atoms with Gasteiger partial charge in [0.2, 0.25) is 0 Å². The predicted molar refractivity (Wildman–Crippen MR) is 110 cm³/mol. The zero-order valence-corrected chi connectivity index (χ0v) is 16.6. The van der Waals surface area contributed by atoms with Gasteiger partial charge in [-0.25, -0.2) is 0 Å². The molecule has 6 heteroatoms. The van der Waals surface area contributed by atoms with Crippen LogP contribution in [0.3, 0.4) is 0 Å². The van der Waals surface area contributed by atoms with E-state index in [2.05, 4.69) is 23.6 Å². The van der Waals surface area contributed by atoms with Gasteiger partial charge in [-0.1, -0.05) is 24.3 Å². The molecule has 5 rings (SSSR count). The number of nitrogens with two attached hydrogens (primary N) is 1. The molecule has 1 aromatic carbocycles. The first-order valence-electron chi connectivity index (χ1n) is 9.42. The smallest absolute Gasteiger partial charge is 0.289 e. The van der Waals surface area contributed by atoms with Crippen molar-refractivity contribution in [1.82, 2.24) is 4.90 Å². The van der Waals surface area contributed by atoms with Gasteiger partial charge >= 0.3 is 0 Å². The molecule has 2 N–H and O–H groups in total. The van der Waals surface area contributed by atoms with Gasteiger partial charge in [-0.2, -0.15) is 0 Å². The number of benzene rings is 1. The Morgan fingerprint density at radius 3 is 2.93 bits per heavy atom. The Kier molecular flexibility index (Phi) is 4.50. The van der Waals surface area contributed by atoms with Crippen molar-refractivity contribution in [3.8, 4) is 0 Å². The van der Waals surface area contributed by atoms with Crippen LogP contribution in [0.5, 0.6) is 0 Å². The van der Waals surface area contributed by atoms with Gasteiger partial charge in [-0.3, -0.25) is 4.79 Å². The van der Waals surface area contributed by atoms with Crippen molar-refractivity contribution < 1.29 is 9.21 Å². The van der Waals surface area contributed by atoms with E-state index in [4.69, 9.17) is 10.2 Å². The molecule has 4 nitrogen and oxygen atoms in total. The Morgan fingerprint density at radius 1 is 1.22 bits per heavy atom. The minimum absolute atomic E-state index is 0.0228. The lowest BCUT2D eigenvalue weighted by Crippen LogP contribution is -2.33. The SMILES string of the molecule is NC1CCC2CN(C(=O)c3oc4ccccc4c3CSc3cccs3)CC12. The van der Waals surface area contributed by atoms with Crippen LogP contribution < -0.4 is 5.73 Å². The van der Waals surface area contributed by atoms with Crippen LogP contribution in [0.2, 0.25) is 0 Å². The number of fused-ring (bicyclic) bond motifs is 2. The third-order valence-corrected chi connectivity index (χ3v) is 8.10. The van der Waals surface area contributed by atoms with Crippen molar-refractivity contribution in [3.63, 3.8) is 0 Å². The van der Waals surface area contributed by atoms with Gasteiger partial charge in [0.25, 0.3) is 5.91 Å². The highest BCUT2D eigenvalue weighted by Crippen LogP contribution is 2.39. The number of rotatable bonds is 4. The fraction of sp³-hybridized carbons (Fsp3) is 0.381. The molecule has 1 saturated heterocycles. The number of carbonyl (C=O) groups excluding carboxylic acids is 1. The summed E-state index contributed by atoms with van der Waals surface area (Å²) in [6, 6.07) is 12.4. The van der Waals surface area contributed by atoms with E-state index in [9.17, 15) is 4.79 Å². The Bertz CT molecular complexity index is 966. The largest absolute Gasteiger partial charge is 0.451 e. The van der Waals surface area contributed by atoms with Crippen LogP contribution in [-0.2, 0) is 5.75 Å². The minimum Gasteiger partial charge on any atom is -0.451 e. The molecule has 0 radical (unpaired) electrons. The summed E-state index contributed by atoms with van der Waals surface area (Å²) >= 11 is 3.48. The van der Waals surface area contributed by atoms with E-state index in [0.717, 1.165) is 48.2 Å². The molecule has 27 heavy (non-hydrogen) atoms. The van der Waals surface area contributed by atoms with Gasteiger partial charge in [0.1, 0.15) is 5.58 Å². The summed E-state index contributed by atoms with van der Waals surface area (Å²) in [6.45, 7) is 1.57. The van der Waals surface area contributed by atoms with Gasteiger partial charge in [-0.15, -0.1) is 23.1 Å². The summed E-state index contributed by atoms with van der Waals surface area (Å²) in [5, 5.41) is 3.12. The summed E-state index contributed by atoms with van der Waals surface area (Å²) < 4.78 is 7.31. The van der Waals surface area contributed by atoms with Gasteiger partial charge in [0.15, 0.2) is 5.76 Å². The summed E-state index contributed by atoms with van der Waals surface area (Å²) in [6.07, 6.45) is 2.22. The molecule has 3 unspecified atom stereocenters. The van der Waals surface area contributed by atoms with E-state index < -0.39 is 0 Å². The maximum atomic E-state index is 13.3. The summed E-state index contributed by atoms with van der Waals surface area (Å²) in [7, 11) is 0. The van der Waals surface area contributed by atoms with Crippen LogP contribution in [0.1, 0.15) is 29.0 Å². The van der Waals surface area contributed by atoms with Crippen LogP contribution in [-0.4, -0.2) is 29.9 Å². The van der Waals surface area contributed by atoms with Crippen molar-refractivity contribution in [2.45, 2.75) is 28.8 Å². The average molecular weight is 399 g/mol. The summed E-state index contributed by atoms with van der Waals surface area (Å²) in [4.78, 5) is 15.3. The second-order valence-electron chi connectivity index (χ2n) is 7.50. The standard InChI is InChI=1S/C21H22N2O2S2/c22-17-8-7-13-10-23(11-15(13)17)21(24)20-16(12-27-19-6-3-9-26-19)14-4-1-2-5-18(14)25-20/h1-6,9,13,15,17H,7-8,10-12,22H2. The highest BCUT2D eigenvalue weighted by Gasteiger charge is 2.43. The molecular formula is C21H22N2O2S2. The topological polar surface area (TPSA) is 59.5 Å². The lowest BCUT2D eigenvalue weighted by atomic mass is 9.98. The molecule has 2 aliphatic rings. The van der Waals surface area contributed by atoms with Crippen LogP contribution >= 0.6 is 23.1 Å². The molecule has 2 aromatic heterocycles. The quantitative estimate of drug-likeness (QED) is 0.653. The van der Waals surface area contributed by atoms with Gasteiger partial charge in [0, 0.05) is 35.8 Å². The molecule has 2 fully saturated rings. The molecule has 1 saturated carbocycles. The Balaban J connectivity index is 1.45. The molecule has 3 aromatic rings.